The summed E-state index contributed by atoms with van der Waals surface area (Å²) in [4.78, 5) is 1.98. The summed E-state index contributed by atoms with van der Waals surface area (Å²) in [6.07, 6.45) is 1.18. The van der Waals surface area contributed by atoms with Crippen molar-refractivity contribution in [2.75, 3.05) is 6.26 Å². The number of thiophene rings is 1. The molecule has 0 unspecified atom stereocenters. The molecular weight excluding hydrogens is 416 g/mol. The lowest BCUT2D eigenvalue weighted by molar-refractivity contribution is 0.334. The summed E-state index contributed by atoms with van der Waals surface area (Å²) in [7, 11) is -3.29. The van der Waals surface area contributed by atoms with Crippen LogP contribution in [0.2, 0.25) is 5.02 Å². The van der Waals surface area contributed by atoms with Crippen molar-refractivity contribution in [3.63, 3.8) is 0 Å². The van der Waals surface area contributed by atoms with Crippen molar-refractivity contribution in [2.24, 2.45) is 0 Å². The Labute approximate surface area is 171 Å². The van der Waals surface area contributed by atoms with E-state index in [1.54, 1.807) is 30.3 Å². The molecular formula is C20H14ClN2O3S2. The van der Waals surface area contributed by atoms with E-state index in [2.05, 4.69) is 5.10 Å². The lowest BCUT2D eigenvalue weighted by Gasteiger charge is -2.07. The van der Waals surface area contributed by atoms with Crippen LogP contribution in [0.5, 0.6) is 5.88 Å². The van der Waals surface area contributed by atoms with Gasteiger partial charge in [0, 0.05) is 17.2 Å². The molecule has 0 saturated carbocycles. The van der Waals surface area contributed by atoms with Crippen molar-refractivity contribution in [1.82, 2.24) is 9.78 Å². The molecule has 4 rings (SSSR count). The molecule has 0 aliphatic rings. The second-order valence-corrected chi connectivity index (χ2v) is 9.70. The Morgan fingerprint density at radius 1 is 0.964 bits per heavy atom. The fraction of sp³-hybridized carbons (Fsp3) is 0.0500. The van der Waals surface area contributed by atoms with Gasteiger partial charge in [-0.1, -0.05) is 35.9 Å². The van der Waals surface area contributed by atoms with Gasteiger partial charge in [-0.15, -0.1) is 16.4 Å². The van der Waals surface area contributed by atoms with Crippen LogP contribution in [0.15, 0.2) is 71.6 Å². The fourth-order valence-electron chi connectivity index (χ4n) is 2.85. The average Bonchev–Trinajstić information content (AvgIpc) is 3.28. The summed E-state index contributed by atoms with van der Waals surface area (Å²) in [6, 6.07) is 19.2. The standard InChI is InChI=1S/C20H14ClN2O3S2/c1-28(25,26)14-6-4-5-13(11-14)18-9-10-19(27-18)17-12-20(24)22-23(17)16-8-3-2-7-15(16)21/h2-12H,1H3. The van der Waals surface area contributed by atoms with E-state index in [-0.39, 0.29) is 10.8 Å². The van der Waals surface area contributed by atoms with Crippen molar-refractivity contribution in [2.45, 2.75) is 4.90 Å². The number of hydrogen-bond donors (Lipinski definition) is 0. The van der Waals surface area contributed by atoms with Gasteiger partial charge in [0.25, 0.3) is 5.88 Å². The average molecular weight is 430 g/mol. The maximum atomic E-state index is 12.0. The highest BCUT2D eigenvalue weighted by Gasteiger charge is 2.17. The van der Waals surface area contributed by atoms with Gasteiger partial charge in [-0.05, 0) is 42.0 Å². The molecule has 28 heavy (non-hydrogen) atoms. The number of rotatable bonds is 4. The van der Waals surface area contributed by atoms with E-state index in [0.29, 0.717) is 16.4 Å². The van der Waals surface area contributed by atoms with E-state index in [9.17, 15) is 13.5 Å². The van der Waals surface area contributed by atoms with Gasteiger partial charge in [-0.2, -0.15) is 0 Å². The van der Waals surface area contributed by atoms with Crippen LogP contribution in [0.25, 0.3) is 26.7 Å². The number of aromatic nitrogens is 2. The normalized spacial score (nSPS) is 11.6. The van der Waals surface area contributed by atoms with Crippen LogP contribution in [0.4, 0.5) is 0 Å². The van der Waals surface area contributed by atoms with Crippen LogP contribution in [-0.2, 0) is 14.9 Å². The zero-order valence-corrected chi connectivity index (χ0v) is 17.1. The second-order valence-electron chi connectivity index (χ2n) is 6.19. The van der Waals surface area contributed by atoms with E-state index in [1.807, 2.05) is 30.3 Å². The quantitative estimate of drug-likeness (QED) is 0.432. The third-order valence-electron chi connectivity index (χ3n) is 4.17. The van der Waals surface area contributed by atoms with E-state index >= 15 is 0 Å². The lowest BCUT2D eigenvalue weighted by atomic mass is 10.2. The first kappa shape index (κ1) is 18.7. The van der Waals surface area contributed by atoms with E-state index in [1.165, 1.54) is 28.3 Å². The zero-order valence-electron chi connectivity index (χ0n) is 14.7. The van der Waals surface area contributed by atoms with Crippen LogP contribution in [0, 0.1) is 0 Å². The molecule has 5 nitrogen and oxygen atoms in total. The highest BCUT2D eigenvalue weighted by atomic mass is 35.5. The highest BCUT2D eigenvalue weighted by molar-refractivity contribution is 7.90. The van der Waals surface area contributed by atoms with E-state index in [0.717, 1.165) is 15.3 Å². The molecule has 0 amide bonds. The van der Waals surface area contributed by atoms with Gasteiger partial charge in [0.2, 0.25) is 0 Å². The van der Waals surface area contributed by atoms with Gasteiger partial charge >= 0.3 is 0 Å². The van der Waals surface area contributed by atoms with Crippen LogP contribution in [0.3, 0.4) is 0 Å². The Bertz CT molecular complexity index is 1280. The molecule has 8 heteroatoms. The Kier molecular flexibility index (Phi) is 4.74. The van der Waals surface area contributed by atoms with Gasteiger partial charge in [0.1, 0.15) is 0 Å². The summed E-state index contributed by atoms with van der Waals surface area (Å²) in [5, 5.41) is 16.5. The maximum absolute atomic E-state index is 12.0. The van der Waals surface area contributed by atoms with Crippen molar-refractivity contribution < 1.29 is 13.5 Å². The Balaban J connectivity index is 1.79. The molecule has 0 N–H and O–H groups in total. The number of para-hydroxylation sites is 1. The smallest absolute Gasteiger partial charge is 0.266 e. The molecule has 0 atom stereocenters. The van der Waals surface area contributed by atoms with Crippen molar-refractivity contribution in [3.8, 4) is 32.6 Å². The predicted octanol–water partition coefficient (Wildman–Crippen LogP) is 5.47. The summed E-state index contributed by atoms with van der Waals surface area (Å²) >= 11 is 7.72. The first-order chi connectivity index (χ1) is 13.3. The Hall–Kier alpha value is -2.61. The number of hydrogen-bond acceptors (Lipinski definition) is 4. The summed E-state index contributed by atoms with van der Waals surface area (Å²) in [5.41, 5.74) is 2.05. The molecule has 0 bridgehead atoms. The highest BCUT2D eigenvalue weighted by Crippen LogP contribution is 2.38. The molecule has 0 aliphatic heterocycles. The molecule has 0 spiro atoms. The van der Waals surface area contributed by atoms with Crippen LogP contribution in [-0.4, -0.2) is 24.5 Å². The zero-order chi connectivity index (χ0) is 19.9. The van der Waals surface area contributed by atoms with Gasteiger partial charge in [-0.3, -0.25) is 5.11 Å². The number of sulfone groups is 1. The van der Waals surface area contributed by atoms with Gasteiger partial charge < -0.3 is 0 Å². The molecule has 0 fully saturated rings. The monoisotopic (exact) mass is 429 g/mol. The SMILES string of the molecule is CS(=O)(=O)c1cccc(-c2ccc(-c3cc([O])nn3-c3ccccc3Cl)s2)c1. The molecule has 2 heterocycles. The van der Waals surface area contributed by atoms with Crippen molar-refractivity contribution >= 4 is 32.8 Å². The van der Waals surface area contributed by atoms with Crippen LogP contribution < -0.4 is 0 Å². The first-order valence-electron chi connectivity index (χ1n) is 8.25. The molecule has 0 aliphatic carbocycles. The van der Waals surface area contributed by atoms with E-state index < -0.39 is 9.84 Å². The third-order valence-corrected chi connectivity index (χ3v) is 6.76. The second kappa shape index (κ2) is 7.09. The molecule has 0 saturated heterocycles. The first-order valence-corrected chi connectivity index (χ1v) is 11.3. The summed E-state index contributed by atoms with van der Waals surface area (Å²) in [5.74, 6) is -0.357. The van der Waals surface area contributed by atoms with Crippen molar-refractivity contribution in [1.29, 1.82) is 0 Å². The predicted molar refractivity (Wildman–Crippen MR) is 111 cm³/mol. The van der Waals surface area contributed by atoms with E-state index in [4.69, 9.17) is 11.6 Å². The van der Waals surface area contributed by atoms with Crippen LogP contribution >= 0.6 is 22.9 Å². The molecule has 2 aromatic heterocycles. The van der Waals surface area contributed by atoms with Crippen molar-refractivity contribution in [3.05, 3.63) is 71.8 Å². The number of halogens is 1. The van der Waals surface area contributed by atoms with Gasteiger partial charge in [-0.25, -0.2) is 13.1 Å². The molecule has 1 radical (unpaired) electrons. The third kappa shape index (κ3) is 3.56. The minimum atomic E-state index is -3.29. The van der Waals surface area contributed by atoms with Gasteiger partial charge in [0.15, 0.2) is 9.84 Å². The fourth-order valence-corrected chi connectivity index (χ4v) is 4.74. The Morgan fingerprint density at radius 2 is 1.71 bits per heavy atom. The Morgan fingerprint density at radius 3 is 2.46 bits per heavy atom. The maximum Gasteiger partial charge on any atom is 0.288 e. The van der Waals surface area contributed by atoms with Gasteiger partial charge in [0.05, 0.1) is 26.2 Å². The number of nitrogens with zero attached hydrogens (tertiary/aromatic N) is 2. The summed E-state index contributed by atoms with van der Waals surface area (Å²) < 4.78 is 25.2. The molecule has 2 aromatic carbocycles. The topological polar surface area (TPSA) is 71.9 Å². The molecule has 4 aromatic rings. The largest absolute Gasteiger partial charge is 0.288 e. The molecule has 141 valence electrons. The summed E-state index contributed by atoms with van der Waals surface area (Å²) in [6.45, 7) is 0. The minimum absolute atomic E-state index is 0.267. The number of benzene rings is 2. The lowest BCUT2D eigenvalue weighted by Crippen LogP contribution is -1.98. The minimum Gasteiger partial charge on any atom is -0.266 e. The van der Waals surface area contributed by atoms with Crippen LogP contribution in [0.1, 0.15) is 0 Å².